The molecule has 2 amide bonds. The van der Waals surface area contributed by atoms with Crippen LogP contribution in [-0.4, -0.2) is 48.6 Å². The largest absolute Gasteiger partial charge is 0.326 e. The Morgan fingerprint density at radius 3 is 2.69 bits per heavy atom. The third-order valence-electron chi connectivity index (χ3n) is 3.44. The second-order valence-electron chi connectivity index (χ2n) is 5.33. The summed E-state index contributed by atoms with van der Waals surface area (Å²) >= 11 is 4.58. The first-order valence-corrected chi connectivity index (χ1v) is 9.32. The molecule has 1 aliphatic rings. The Labute approximate surface area is 162 Å². The van der Waals surface area contributed by atoms with Crippen molar-refractivity contribution in [2.24, 2.45) is 5.10 Å². The predicted octanol–water partition coefficient (Wildman–Crippen LogP) is 2.32. The summed E-state index contributed by atoms with van der Waals surface area (Å²) in [6, 6.07) is 7.24. The van der Waals surface area contributed by atoms with Crippen molar-refractivity contribution in [3.05, 3.63) is 54.0 Å². The Balaban J connectivity index is 1.69. The highest BCUT2D eigenvalue weighted by Gasteiger charge is 2.38. The number of hydrogen-bond donors (Lipinski definition) is 1. The molecular weight excluding hydrogens is 420 g/mol. The van der Waals surface area contributed by atoms with Gasteiger partial charge in [0.1, 0.15) is 17.9 Å². The molecule has 2 aromatic rings. The number of halogens is 1. The molecule has 134 valence electrons. The Kier molecular flexibility index (Phi) is 5.84. The molecule has 1 fully saturated rings. The molecule has 0 bridgehead atoms. The number of amides is 2. The SMILES string of the molecule is C=CCN1C(=O)[C@H](CC(=O)Nc2ccc(Br)cc2)S/C1=N/n1cnnc1. The van der Waals surface area contributed by atoms with Crippen LogP contribution in [0.5, 0.6) is 0 Å². The van der Waals surface area contributed by atoms with Crippen molar-refractivity contribution >= 4 is 50.4 Å². The Bertz CT molecular complexity index is 837. The van der Waals surface area contributed by atoms with Crippen LogP contribution in [-0.2, 0) is 9.59 Å². The quantitative estimate of drug-likeness (QED) is 0.704. The number of anilines is 1. The van der Waals surface area contributed by atoms with Crippen LogP contribution in [0.1, 0.15) is 6.42 Å². The van der Waals surface area contributed by atoms with Gasteiger partial charge in [0.2, 0.25) is 11.8 Å². The van der Waals surface area contributed by atoms with Crippen molar-refractivity contribution in [2.75, 3.05) is 11.9 Å². The maximum atomic E-state index is 12.6. The average molecular weight is 435 g/mol. The molecule has 0 unspecified atom stereocenters. The molecule has 8 nitrogen and oxygen atoms in total. The maximum absolute atomic E-state index is 12.6. The lowest BCUT2D eigenvalue weighted by Gasteiger charge is -2.13. The summed E-state index contributed by atoms with van der Waals surface area (Å²) in [6.07, 6.45) is 4.52. The molecule has 0 aliphatic carbocycles. The van der Waals surface area contributed by atoms with Gasteiger partial charge >= 0.3 is 0 Å². The normalized spacial score (nSPS) is 18.3. The van der Waals surface area contributed by atoms with Crippen molar-refractivity contribution in [1.82, 2.24) is 19.8 Å². The second-order valence-corrected chi connectivity index (χ2v) is 7.41. The van der Waals surface area contributed by atoms with E-state index in [1.807, 2.05) is 12.1 Å². The van der Waals surface area contributed by atoms with E-state index in [1.54, 1.807) is 18.2 Å². The lowest BCUT2D eigenvalue weighted by molar-refractivity contribution is -0.127. The fourth-order valence-electron chi connectivity index (χ4n) is 2.27. The molecule has 1 saturated heterocycles. The number of rotatable bonds is 6. The minimum Gasteiger partial charge on any atom is -0.326 e. The maximum Gasteiger partial charge on any atom is 0.243 e. The van der Waals surface area contributed by atoms with Crippen molar-refractivity contribution in [2.45, 2.75) is 11.7 Å². The Morgan fingerprint density at radius 2 is 2.04 bits per heavy atom. The van der Waals surface area contributed by atoms with E-state index >= 15 is 0 Å². The average Bonchev–Trinajstić information content (AvgIpc) is 3.22. The fourth-order valence-corrected chi connectivity index (χ4v) is 3.69. The number of carbonyl (C=O) groups excluding carboxylic acids is 2. The number of aromatic nitrogens is 3. The molecule has 1 N–H and O–H groups in total. The zero-order valence-electron chi connectivity index (χ0n) is 13.6. The van der Waals surface area contributed by atoms with Gasteiger partial charge in [0.25, 0.3) is 0 Å². The zero-order valence-corrected chi connectivity index (χ0v) is 16.0. The topological polar surface area (TPSA) is 92.5 Å². The van der Waals surface area contributed by atoms with Gasteiger partial charge in [0, 0.05) is 23.1 Å². The van der Waals surface area contributed by atoms with Gasteiger partial charge in [0.15, 0.2) is 5.17 Å². The van der Waals surface area contributed by atoms with Crippen LogP contribution in [0, 0.1) is 0 Å². The van der Waals surface area contributed by atoms with Gasteiger partial charge in [-0.25, -0.2) is 4.68 Å². The third kappa shape index (κ3) is 4.38. The second kappa shape index (κ2) is 8.28. The molecule has 1 aliphatic heterocycles. The molecule has 26 heavy (non-hydrogen) atoms. The van der Waals surface area contributed by atoms with Gasteiger partial charge in [-0.2, -0.15) is 0 Å². The summed E-state index contributed by atoms with van der Waals surface area (Å²) in [6.45, 7) is 3.98. The van der Waals surface area contributed by atoms with Crippen molar-refractivity contribution in [3.63, 3.8) is 0 Å². The van der Waals surface area contributed by atoms with E-state index in [0.717, 1.165) is 4.47 Å². The third-order valence-corrected chi connectivity index (χ3v) is 5.13. The highest BCUT2D eigenvalue weighted by molar-refractivity contribution is 9.10. The minimum absolute atomic E-state index is 0.0500. The number of hydrogen-bond acceptors (Lipinski definition) is 6. The van der Waals surface area contributed by atoms with Crippen LogP contribution in [0.3, 0.4) is 0 Å². The van der Waals surface area contributed by atoms with E-state index in [9.17, 15) is 9.59 Å². The predicted molar refractivity (Wildman–Crippen MR) is 104 cm³/mol. The minimum atomic E-state index is -0.541. The summed E-state index contributed by atoms with van der Waals surface area (Å²) in [5.74, 6) is -0.407. The first kappa shape index (κ1) is 18.3. The molecule has 2 heterocycles. The standard InChI is InChI=1S/C16H15BrN6O2S/c1-2-7-23-15(25)13(26-16(23)21-22-9-18-19-10-22)8-14(24)20-12-5-3-11(17)4-6-12/h2-6,9-10,13H,1,7-8H2,(H,20,24)/b21-16+/t13-/m0/s1. The van der Waals surface area contributed by atoms with Gasteiger partial charge in [-0.05, 0) is 24.3 Å². The number of nitrogens with zero attached hydrogens (tertiary/aromatic N) is 5. The van der Waals surface area contributed by atoms with Gasteiger partial charge < -0.3 is 5.32 Å². The summed E-state index contributed by atoms with van der Waals surface area (Å²) < 4.78 is 2.34. The number of benzene rings is 1. The first-order valence-electron chi connectivity index (χ1n) is 7.65. The van der Waals surface area contributed by atoms with Crippen molar-refractivity contribution in [3.8, 4) is 0 Å². The molecule has 10 heteroatoms. The van der Waals surface area contributed by atoms with Crippen molar-refractivity contribution in [1.29, 1.82) is 0 Å². The smallest absolute Gasteiger partial charge is 0.243 e. The number of thioether (sulfide) groups is 1. The van der Waals surface area contributed by atoms with E-state index in [1.165, 1.54) is 34.0 Å². The summed E-state index contributed by atoms with van der Waals surface area (Å²) in [4.78, 5) is 26.4. The van der Waals surface area contributed by atoms with Crippen molar-refractivity contribution < 1.29 is 9.59 Å². The van der Waals surface area contributed by atoms with Crippen LogP contribution in [0.4, 0.5) is 5.69 Å². The lowest BCUT2D eigenvalue weighted by atomic mass is 10.2. The van der Waals surface area contributed by atoms with Gasteiger partial charge in [-0.15, -0.1) is 21.9 Å². The molecule has 0 spiro atoms. The van der Waals surface area contributed by atoms with E-state index < -0.39 is 5.25 Å². The van der Waals surface area contributed by atoms with E-state index in [2.05, 4.69) is 43.1 Å². The number of carbonyl (C=O) groups is 2. The lowest BCUT2D eigenvalue weighted by Crippen LogP contribution is -2.33. The van der Waals surface area contributed by atoms with E-state index in [-0.39, 0.29) is 18.2 Å². The van der Waals surface area contributed by atoms with Gasteiger partial charge in [0.05, 0.1) is 0 Å². The highest BCUT2D eigenvalue weighted by atomic mass is 79.9. The molecular formula is C16H15BrN6O2S. The van der Waals surface area contributed by atoms with Gasteiger partial charge in [-0.3, -0.25) is 14.5 Å². The van der Waals surface area contributed by atoms with E-state index in [4.69, 9.17) is 0 Å². The summed E-state index contributed by atoms with van der Waals surface area (Å²) in [7, 11) is 0. The molecule has 1 aromatic carbocycles. The number of nitrogens with one attached hydrogen (secondary N) is 1. The fraction of sp³-hybridized carbons (Fsp3) is 0.188. The Morgan fingerprint density at radius 1 is 1.35 bits per heavy atom. The van der Waals surface area contributed by atoms with Crippen LogP contribution in [0.25, 0.3) is 0 Å². The van der Waals surface area contributed by atoms with Crippen LogP contribution in [0.15, 0.2) is 59.1 Å². The summed E-state index contributed by atoms with van der Waals surface area (Å²) in [5.41, 5.74) is 0.676. The Hall–Kier alpha value is -2.46. The van der Waals surface area contributed by atoms with Gasteiger partial charge in [-0.1, -0.05) is 33.8 Å². The van der Waals surface area contributed by atoms with Crippen LogP contribution in [0.2, 0.25) is 0 Å². The first-order chi connectivity index (χ1) is 12.6. The summed E-state index contributed by atoms with van der Waals surface area (Å²) in [5, 5.41) is 14.4. The van der Waals surface area contributed by atoms with Crippen LogP contribution < -0.4 is 5.32 Å². The van der Waals surface area contributed by atoms with E-state index in [0.29, 0.717) is 17.4 Å². The molecule has 0 saturated carbocycles. The monoisotopic (exact) mass is 434 g/mol. The number of amidine groups is 1. The molecule has 1 aromatic heterocycles. The molecule has 3 rings (SSSR count). The molecule has 0 radical (unpaired) electrons. The zero-order chi connectivity index (χ0) is 18.5. The molecule has 1 atom stereocenters. The van der Waals surface area contributed by atoms with Crippen LogP contribution >= 0.6 is 27.7 Å². The highest BCUT2D eigenvalue weighted by Crippen LogP contribution is 2.30.